The quantitative estimate of drug-likeness (QED) is 0.897. The minimum absolute atomic E-state index is 0.0794. The molecule has 0 bridgehead atoms. The van der Waals surface area contributed by atoms with Crippen molar-refractivity contribution in [1.29, 1.82) is 0 Å². The van der Waals surface area contributed by atoms with Gasteiger partial charge >= 0.3 is 0 Å². The first-order valence-electron chi connectivity index (χ1n) is 8.40. The molecule has 2 heterocycles. The number of aryl methyl sites for hydroxylation is 3. The molecule has 128 valence electrons. The van der Waals surface area contributed by atoms with Crippen molar-refractivity contribution in [1.82, 2.24) is 20.3 Å². The van der Waals surface area contributed by atoms with Crippen LogP contribution in [0.5, 0.6) is 0 Å². The van der Waals surface area contributed by atoms with Crippen LogP contribution < -0.4 is 0 Å². The third-order valence-corrected chi connectivity index (χ3v) is 4.62. The van der Waals surface area contributed by atoms with Crippen LogP contribution in [0.4, 0.5) is 0 Å². The van der Waals surface area contributed by atoms with E-state index in [2.05, 4.69) is 47.5 Å². The number of benzene rings is 1. The predicted molar refractivity (Wildman–Crippen MR) is 90.3 cm³/mol. The number of carbonyl (C=O) groups is 1. The fraction of sp³-hybridized carbons (Fsp3) is 0.500. The zero-order valence-electron chi connectivity index (χ0n) is 14.2. The number of hydrogen-bond donors (Lipinski definition) is 2. The second kappa shape index (κ2) is 6.73. The van der Waals surface area contributed by atoms with E-state index < -0.39 is 5.60 Å². The number of nitrogens with zero attached hydrogens (tertiary/aromatic N) is 3. The van der Waals surface area contributed by atoms with E-state index in [0.717, 1.165) is 12.8 Å². The molecule has 1 aromatic heterocycles. The smallest absolute Gasteiger partial charge is 0.223 e. The fourth-order valence-electron chi connectivity index (χ4n) is 3.51. The van der Waals surface area contributed by atoms with Gasteiger partial charge in [-0.25, -0.2) is 0 Å². The van der Waals surface area contributed by atoms with Crippen molar-refractivity contribution in [2.75, 3.05) is 13.1 Å². The largest absolute Gasteiger partial charge is 0.382 e. The highest BCUT2D eigenvalue weighted by Gasteiger charge is 2.38. The van der Waals surface area contributed by atoms with E-state index in [1.807, 2.05) is 0 Å². The Hall–Kier alpha value is -2.21. The zero-order chi connectivity index (χ0) is 17.2. The van der Waals surface area contributed by atoms with Crippen LogP contribution in [0.25, 0.3) is 0 Å². The molecule has 0 saturated carbocycles. The Labute approximate surface area is 141 Å². The first kappa shape index (κ1) is 16.6. The van der Waals surface area contributed by atoms with Crippen LogP contribution >= 0.6 is 0 Å². The first-order valence-corrected chi connectivity index (χ1v) is 8.40. The number of nitrogens with one attached hydrogen (secondary N) is 1. The Morgan fingerprint density at radius 1 is 1.33 bits per heavy atom. The van der Waals surface area contributed by atoms with Gasteiger partial charge in [-0.3, -0.25) is 4.79 Å². The summed E-state index contributed by atoms with van der Waals surface area (Å²) < 4.78 is 0. The Morgan fingerprint density at radius 3 is 2.75 bits per heavy atom. The van der Waals surface area contributed by atoms with Crippen molar-refractivity contribution < 1.29 is 9.90 Å². The summed E-state index contributed by atoms with van der Waals surface area (Å²) in [6.07, 6.45) is 4.07. The fourth-order valence-corrected chi connectivity index (χ4v) is 3.51. The van der Waals surface area contributed by atoms with E-state index in [1.165, 1.54) is 22.9 Å². The molecule has 1 aliphatic rings. The van der Waals surface area contributed by atoms with Crippen LogP contribution in [0.1, 0.15) is 41.6 Å². The van der Waals surface area contributed by atoms with Crippen LogP contribution in [0.2, 0.25) is 0 Å². The Kier molecular flexibility index (Phi) is 4.66. The second-order valence-electron chi connectivity index (χ2n) is 6.80. The van der Waals surface area contributed by atoms with Crippen molar-refractivity contribution in [2.45, 2.75) is 45.1 Å². The molecular weight excluding hydrogens is 304 g/mol. The number of amides is 1. The summed E-state index contributed by atoms with van der Waals surface area (Å²) >= 11 is 0. The summed E-state index contributed by atoms with van der Waals surface area (Å²) in [7, 11) is 0. The van der Waals surface area contributed by atoms with Gasteiger partial charge in [0.05, 0.1) is 12.7 Å². The van der Waals surface area contributed by atoms with Gasteiger partial charge in [-0.05, 0) is 38.7 Å². The summed E-state index contributed by atoms with van der Waals surface area (Å²) in [5.74, 6) is 0.0794. The number of likely N-dealkylation sites (tertiary alicyclic amines) is 1. The molecule has 1 fully saturated rings. The summed E-state index contributed by atoms with van der Waals surface area (Å²) in [4.78, 5) is 14.3. The molecule has 1 aromatic carbocycles. The average molecular weight is 328 g/mol. The van der Waals surface area contributed by atoms with Crippen LogP contribution in [0.3, 0.4) is 0 Å². The molecule has 3 rings (SSSR count). The number of rotatable bonds is 4. The van der Waals surface area contributed by atoms with Crippen LogP contribution in [-0.2, 0) is 16.8 Å². The average Bonchev–Trinajstić information content (AvgIpc) is 3.07. The highest BCUT2D eigenvalue weighted by Crippen LogP contribution is 2.30. The molecule has 1 amide bonds. The second-order valence-corrected chi connectivity index (χ2v) is 6.80. The molecule has 2 N–H and O–H groups in total. The first-order chi connectivity index (χ1) is 11.5. The monoisotopic (exact) mass is 328 g/mol. The van der Waals surface area contributed by atoms with E-state index >= 15 is 0 Å². The van der Waals surface area contributed by atoms with Crippen LogP contribution in [-0.4, -0.2) is 44.4 Å². The minimum Gasteiger partial charge on any atom is -0.382 e. The molecule has 0 spiro atoms. The lowest BCUT2D eigenvalue weighted by Gasteiger charge is -2.38. The Bertz CT molecular complexity index is 694. The number of carbonyl (C=O) groups excluding carboxylic acids is 1. The van der Waals surface area contributed by atoms with Gasteiger partial charge < -0.3 is 10.0 Å². The number of β-amino-alcohol motifs (C(OH)–C–C–N with tert-alkyl or cyclic N) is 1. The summed E-state index contributed by atoms with van der Waals surface area (Å²) in [5.41, 5.74) is 3.03. The Morgan fingerprint density at radius 2 is 2.08 bits per heavy atom. The molecule has 1 aliphatic heterocycles. The van der Waals surface area contributed by atoms with E-state index in [-0.39, 0.29) is 12.5 Å². The van der Waals surface area contributed by atoms with Gasteiger partial charge in [-0.2, -0.15) is 15.4 Å². The summed E-state index contributed by atoms with van der Waals surface area (Å²) in [5, 5.41) is 21.1. The maximum atomic E-state index is 12.6. The van der Waals surface area contributed by atoms with Gasteiger partial charge in [-0.1, -0.05) is 29.3 Å². The number of H-pyrrole nitrogens is 1. The molecule has 0 aliphatic carbocycles. The molecular formula is C18H24N4O2. The molecule has 0 unspecified atom stereocenters. The van der Waals surface area contributed by atoms with Crippen LogP contribution in [0.15, 0.2) is 24.4 Å². The lowest BCUT2D eigenvalue weighted by molar-refractivity contribution is -0.139. The summed E-state index contributed by atoms with van der Waals surface area (Å²) in [6, 6.07) is 6.39. The molecule has 1 saturated heterocycles. The number of aromatic nitrogens is 3. The predicted octanol–water partition coefficient (Wildman–Crippen LogP) is 1.86. The topological polar surface area (TPSA) is 82.1 Å². The van der Waals surface area contributed by atoms with Gasteiger partial charge in [0, 0.05) is 13.0 Å². The minimum atomic E-state index is -1.10. The molecule has 2 aromatic rings. The van der Waals surface area contributed by atoms with Crippen LogP contribution in [0, 0.1) is 13.8 Å². The Balaban J connectivity index is 1.62. The molecule has 0 radical (unpaired) electrons. The maximum absolute atomic E-state index is 12.6. The third-order valence-electron chi connectivity index (χ3n) is 4.62. The van der Waals surface area contributed by atoms with Crippen molar-refractivity contribution >= 4 is 5.91 Å². The number of hydrogen-bond acceptors (Lipinski definition) is 4. The standard InChI is InChI=1S/C18H24N4O2/c1-13-8-14(2)10-15(9-13)4-5-17(23)22-7-3-6-18(24,12-22)16-11-19-21-20-16/h8-11,24H,3-7,12H2,1-2H3,(H,19,20,21)/t18-/m0/s1. The maximum Gasteiger partial charge on any atom is 0.223 e. The van der Waals surface area contributed by atoms with E-state index in [0.29, 0.717) is 25.1 Å². The highest BCUT2D eigenvalue weighted by atomic mass is 16.3. The third kappa shape index (κ3) is 3.64. The normalized spacial score (nSPS) is 21.0. The molecule has 6 nitrogen and oxygen atoms in total. The number of aliphatic hydroxyl groups is 1. The van der Waals surface area contributed by atoms with Crippen molar-refractivity contribution in [3.63, 3.8) is 0 Å². The highest BCUT2D eigenvalue weighted by molar-refractivity contribution is 5.76. The SMILES string of the molecule is Cc1cc(C)cc(CCC(=O)N2CCC[C@@](O)(c3cn[nH]n3)C2)c1. The number of piperidine rings is 1. The van der Waals surface area contributed by atoms with E-state index in [9.17, 15) is 9.90 Å². The van der Waals surface area contributed by atoms with Crippen molar-refractivity contribution in [3.05, 3.63) is 46.8 Å². The molecule has 24 heavy (non-hydrogen) atoms. The van der Waals surface area contributed by atoms with Gasteiger partial charge in [0.15, 0.2) is 0 Å². The summed E-state index contributed by atoms with van der Waals surface area (Å²) in [6.45, 7) is 5.11. The van der Waals surface area contributed by atoms with Gasteiger partial charge in [0.1, 0.15) is 11.3 Å². The van der Waals surface area contributed by atoms with Crippen molar-refractivity contribution in [2.24, 2.45) is 0 Å². The zero-order valence-corrected chi connectivity index (χ0v) is 14.2. The van der Waals surface area contributed by atoms with Gasteiger partial charge in [0.25, 0.3) is 0 Å². The molecule has 6 heteroatoms. The van der Waals surface area contributed by atoms with Gasteiger partial charge in [0.2, 0.25) is 5.91 Å². The lowest BCUT2D eigenvalue weighted by atomic mass is 9.89. The van der Waals surface area contributed by atoms with E-state index in [4.69, 9.17) is 0 Å². The van der Waals surface area contributed by atoms with Crippen molar-refractivity contribution in [3.8, 4) is 0 Å². The number of aromatic amines is 1. The van der Waals surface area contributed by atoms with Gasteiger partial charge in [-0.15, -0.1) is 0 Å². The molecule has 1 atom stereocenters. The lowest BCUT2D eigenvalue weighted by Crippen LogP contribution is -2.48. The van der Waals surface area contributed by atoms with E-state index in [1.54, 1.807) is 4.90 Å².